The molecule has 0 aliphatic heterocycles. The molecule has 0 N–H and O–H groups in total. The van der Waals surface area contributed by atoms with Crippen molar-refractivity contribution in [1.29, 1.82) is 0 Å². The van der Waals surface area contributed by atoms with Gasteiger partial charge in [-0.25, -0.2) is 0 Å². The van der Waals surface area contributed by atoms with E-state index in [0.717, 1.165) is 6.42 Å². The Bertz CT molecular complexity index is 75.4. The molecule has 0 atom stereocenters. The number of carbonyl (C=O) groups excluding carboxylic acids is 1. The molecule has 0 heterocycles. The Morgan fingerprint density at radius 1 is 1.40 bits per heavy atom. The van der Waals surface area contributed by atoms with E-state index in [9.17, 15) is 4.79 Å². The molecule has 0 amide bonds. The van der Waals surface area contributed by atoms with Gasteiger partial charge in [0.1, 0.15) is 0 Å². The average Bonchev–Trinajstić information content (AvgIpc) is 1.83. The maximum Gasteiger partial charge on any atom is 2.00 e. The molecule has 0 spiro atoms. The first-order chi connectivity index (χ1) is 3.81. The Hall–Kier alpha value is 0.0534. The van der Waals surface area contributed by atoms with E-state index in [1.807, 2.05) is 6.92 Å². The van der Waals surface area contributed by atoms with E-state index in [1.165, 1.54) is 0 Å². The van der Waals surface area contributed by atoms with Gasteiger partial charge in [0, 0.05) is 6.42 Å². The minimum Gasteiger partial charge on any atom is -2.00 e. The minimum atomic E-state index is -0.105. The van der Waals surface area contributed by atoms with Gasteiger partial charge in [0.25, 0.3) is 0 Å². The van der Waals surface area contributed by atoms with Crippen molar-refractivity contribution in [3.63, 3.8) is 0 Å². The summed E-state index contributed by atoms with van der Waals surface area (Å²) in [4.78, 5) is 10.3. The van der Waals surface area contributed by atoms with Crippen LogP contribution in [0, 0.1) is 0 Å². The van der Waals surface area contributed by atoms with Crippen molar-refractivity contribution in [1.82, 2.24) is 0 Å². The largest absolute Gasteiger partial charge is 2.00 e. The topological polar surface area (TPSA) is 54.8 Å². The summed E-state index contributed by atoms with van der Waals surface area (Å²) in [6.07, 6.45) is 1.39. The van der Waals surface area contributed by atoms with E-state index in [0.29, 0.717) is 13.0 Å². The molecular weight excluding hydrogens is 185 g/mol. The summed E-state index contributed by atoms with van der Waals surface area (Å²) in [6.45, 7) is 4.33. The van der Waals surface area contributed by atoms with Crippen LogP contribution in [0.3, 0.4) is 0 Å². The summed E-state index contributed by atoms with van der Waals surface area (Å²) in [5, 5.41) is 0. The van der Waals surface area contributed by atoms with Crippen LogP contribution >= 0.6 is 0 Å². The number of carbonyl (C=O) groups is 1. The summed E-state index contributed by atoms with van der Waals surface area (Å²) in [5.74, 6) is -0.105. The van der Waals surface area contributed by atoms with Gasteiger partial charge in [0.05, 0.1) is 6.61 Å². The molecule has 0 bridgehead atoms. The van der Waals surface area contributed by atoms with Crippen LogP contribution in [0.4, 0.5) is 0 Å². The van der Waals surface area contributed by atoms with Gasteiger partial charge >= 0.3 is 25.4 Å². The number of rotatable bonds is 3. The van der Waals surface area contributed by atoms with Gasteiger partial charge in [-0.1, -0.05) is 13.8 Å². The molecule has 56 valence electrons. The molecule has 0 aromatic rings. The Labute approximate surface area is 74.2 Å². The van der Waals surface area contributed by atoms with Crippen LogP contribution in [-0.4, -0.2) is 12.6 Å². The summed E-state index contributed by atoms with van der Waals surface area (Å²) < 4.78 is 4.70. The Kier molecular flexibility index (Phi) is 19.5. The molecule has 0 saturated carbocycles. The van der Waals surface area contributed by atoms with E-state index in [4.69, 9.17) is 4.74 Å². The maximum absolute atomic E-state index is 10.3. The predicted octanol–water partition coefficient (Wildman–Crippen LogP) is 1.23. The van der Waals surface area contributed by atoms with E-state index in [-0.39, 0.29) is 30.9 Å². The fourth-order valence-electron chi connectivity index (χ4n) is 0.318. The average molecular weight is 198 g/mol. The Morgan fingerprint density at radius 3 is 2.20 bits per heavy atom. The van der Waals surface area contributed by atoms with Crippen LogP contribution in [-0.2, 0) is 34.5 Å². The van der Waals surface area contributed by atoms with Gasteiger partial charge in [-0.2, -0.15) is 0 Å². The van der Waals surface area contributed by atoms with Crippen molar-refractivity contribution in [2.24, 2.45) is 0 Å². The molecule has 0 fully saturated rings. The second kappa shape index (κ2) is 11.8. The quantitative estimate of drug-likeness (QED) is 0.505. The van der Waals surface area contributed by atoms with Crippen molar-refractivity contribution in [2.45, 2.75) is 26.7 Å². The standard InChI is InChI=1S/C6H12O2.O.Zn/c1-3-5-8-6(7)4-2;;/h3-5H2,1-2H3;;/q;-2;+2. The molecule has 0 unspecified atom stereocenters. The number of hydrogen-bond donors (Lipinski definition) is 0. The van der Waals surface area contributed by atoms with Gasteiger partial charge in [-0.3, -0.25) is 4.79 Å². The molecule has 0 rings (SSSR count). The van der Waals surface area contributed by atoms with Gasteiger partial charge in [-0.05, 0) is 6.42 Å². The normalized spacial score (nSPS) is 7.00. The third kappa shape index (κ3) is 10.9. The first-order valence-electron chi connectivity index (χ1n) is 2.96. The van der Waals surface area contributed by atoms with E-state index in [1.54, 1.807) is 6.92 Å². The summed E-state index contributed by atoms with van der Waals surface area (Å²) >= 11 is 0. The van der Waals surface area contributed by atoms with Crippen LogP contribution < -0.4 is 0 Å². The second-order valence-corrected chi connectivity index (χ2v) is 1.57. The molecule has 0 aliphatic carbocycles. The fourth-order valence-corrected chi connectivity index (χ4v) is 0.318. The zero-order valence-electron chi connectivity index (χ0n) is 6.55. The van der Waals surface area contributed by atoms with Crippen molar-refractivity contribution in [3.05, 3.63) is 0 Å². The Balaban J connectivity index is -0.000000245. The van der Waals surface area contributed by atoms with E-state index < -0.39 is 0 Å². The van der Waals surface area contributed by atoms with Crippen molar-refractivity contribution >= 4 is 5.97 Å². The molecule has 3 nitrogen and oxygen atoms in total. The Morgan fingerprint density at radius 2 is 1.90 bits per heavy atom. The number of esters is 1. The number of ether oxygens (including phenoxy) is 1. The summed E-state index contributed by atoms with van der Waals surface area (Å²) in [6, 6.07) is 0. The van der Waals surface area contributed by atoms with Crippen molar-refractivity contribution in [2.75, 3.05) is 6.61 Å². The third-order valence-electron chi connectivity index (χ3n) is 0.756. The van der Waals surface area contributed by atoms with Crippen LogP contribution in [0.25, 0.3) is 0 Å². The zero-order valence-corrected chi connectivity index (χ0v) is 9.52. The van der Waals surface area contributed by atoms with Gasteiger partial charge in [0.15, 0.2) is 0 Å². The zero-order chi connectivity index (χ0) is 6.41. The molecule has 0 aromatic heterocycles. The van der Waals surface area contributed by atoms with E-state index in [2.05, 4.69) is 0 Å². The second-order valence-electron chi connectivity index (χ2n) is 1.57. The summed E-state index contributed by atoms with van der Waals surface area (Å²) in [7, 11) is 0. The SMILES string of the molecule is CCCOC(=O)CC.[O-2].[Zn+2]. The minimum absolute atomic E-state index is 0. The van der Waals surface area contributed by atoms with Crippen LogP contribution in [0.1, 0.15) is 26.7 Å². The molecule has 0 aliphatic rings. The van der Waals surface area contributed by atoms with Crippen LogP contribution in [0.2, 0.25) is 0 Å². The molecule has 4 heteroatoms. The van der Waals surface area contributed by atoms with Gasteiger partial charge in [-0.15, -0.1) is 0 Å². The van der Waals surface area contributed by atoms with E-state index >= 15 is 0 Å². The first-order valence-corrected chi connectivity index (χ1v) is 2.96. The fraction of sp³-hybridized carbons (Fsp3) is 0.833. The van der Waals surface area contributed by atoms with Crippen LogP contribution in [0.15, 0.2) is 0 Å². The molecule has 10 heavy (non-hydrogen) atoms. The van der Waals surface area contributed by atoms with Crippen molar-refractivity contribution < 1.29 is 34.5 Å². The third-order valence-corrected chi connectivity index (χ3v) is 0.756. The molecular formula is C6H12O3Zn. The molecule has 0 aromatic carbocycles. The van der Waals surface area contributed by atoms with Crippen molar-refractivity contribution in [3.8, 4) is 0 Å². The molecule has 0 radical (unpaired) electrons. The van der Waals surface area contributed by atoms with Crippen LogP contribution in [0.5, 0.6) is 0 Å². The summed E-state index contributed by atoms with van der Waals surface area (Å²) in [5.41, 5.74) is 0. The van der Waals surface area contributed by atoms with Gasteiger partial charge < -0.3 is 10.2 Å². The predicted molar refractivity (Wildman–Crippen MR) is 32.2 cm³/mol. The first kappa shape index (κ1) is 16.6. The monoisotopic (exact) mass is 196 g/mol. The smallest absolute Gasteiger partial charge is 2.00 e. The number of hydrogen-bond acceptors (Lipinski definition) is 2. The molecule has 0 saturated heterocycles. The maximum atomic E-state index is 10.3. The van der Waals surface area contributed by atoms with Gasteiger partial charge in [0.2, 0.25) is 0 Å².